The SMILES string of the molecule is CN(Cc1ccccc1)[C@@H](c1ccccc1)[C@@H](OP(c1ccccc1)c1ccccc1)c1ccccc1. The van der Waals surface area contributed by atoms with Gasteiger partial charge >= 0.3 is 0 Å². The molecule has 0 spiro atoms. The molecule has 184 valence electrons. The van der Waals surface area contributed by atoms with Gasteiger partial charge in [-0.3, -0.25) is 4.90 Å². The van der Waals surface area contributed by atoms with Gasteiger partial charge in [-0.05, 0) is 23.7 Å². The van der Waals surface area contributed by atoms with Gasteiger partial charge in [-0.25, -0.2) is 0 Å². The predicted molar refractivity (Wildman–Crippen MR) is 156 cm³/mol. The molecule has 2 atom stereocenters. The molecule has 0 aliphatic rings. The molecule has 0 unspecified atom stereocenters. The van der Waals surface area contributed by atoms with Crippen LogP contribution < -0.4 is 10.6 Å². The molecule has 0 N–H and O–H groups in total. The van der Waals surface area contributed by atoms with Gasteiger partial charge in [0.2, 0.25) is 0 Å². The second-order valence-electron chi connectivity index (χ2n) is 9.16. The molecule has 37 heavy (non-hydrogen) atoms. The van der Waals surface area contributed by atoms with Gasteiger partial charge < -0.3 is 4.52 Å². The Balaban J connectivity index is 1.60. The minimum Gasteiger partial charge on any atom is -0.340 e. The molecule has 0 fully saturated rings. The minimum absolute atomic E-state index is 0.0150. The van der Waals surface area contributed by atoms with Crippen molar-refractivity contribution in [2.45, 2.75) is 18.7 Å². The molecule has 0 aliphatic carbocycles. The van der Waals surface area contributed by atoms with E-state index in [-0.39, 0.29) is 12.1 Å². The molecular weight excluding hydrogens is 469 g/mol. The van der Waals surface area contributed by atoms with Crippen LogP contribution in [0.25, 0.3) is 0 Å². The van der Waals surface area contributed by atoms with E-state index in [0.717, 1.165) is 6.54 Å². The molecule has 5 aromatic rings. The lowest BCUT2D eigenvalue weighted by atomic mass is 9.94. The van der Waals surface area contributed by atoms with Gasteiger partial charge in [0.05, 0.1) is 14.2 Å². The highest BCUT2D eigenvalue weighted by atomic mass is 31.1. The van der Waals surface area contributed by atoms with Crippen LogP contribution in [0.5, 0.6) is 0 Å². The first-order valence-electron chi connectivity index (χ1n) is 12.7. The fourth-order valence-electron chi connectivity index (χ4n) is 4.74. The van der Waals surface area contributed by atoms with Crippen molar-refractivity contribution in [3.63, 3.8) is 0 Å². The third kappa shape index (κ3) is 6.42. The van der Waals surface area contributed by atoms with Crippen LogP contribution in [-0.4, -0.2) is 11.9 Å². The van der Waals surface area contributed by atoms with Gasteiger partial charge in [-0.15, -0.1) is 0 Å². The summed E-state index contributed by atoms with van der Waals surface area (Å²) in [6, 6.07) is 53.4. The maximum atomic E-state index is 7.31. The van der Waals surface area contributed by atoms with Crippen LogP contribution in [0.3, 0.4) is 0 Å². The molecule has 5 rings (SSSR count). The molecule has 2 nitrogen and oxygen atoms in total. The van der Waals surface area contributed by atoms with Crippen molar-refractivity contribution in [2.24, 2.45) is 0 Å². The first-order valence-corrected chi connectivity index (χ1v) is 14.0. The minimum atomic E-state index is -1.05. The van der Waals surface area contributed by atoms with Gasteiger partial charge in [0, 0.05) is 17.2 Å². The van der Waals surface area contributed by atoms with E-state index < -0.39 is 8.15 Å². The first-order chi connectivity index (χ1) is 18.3. The van der Waals surface area contributed by atoms with Crippen LogP contribution >= 0.6 is 8.15 Å². The van der Waals surface area contributed by atoms with Crippen molar-refractivity contribution < 1.29 is 4.52 Å². The fraction of sp³-hybridized carbons (Fsp3) is 0.118. The van der Waals surface area contributed by atoms with E-state index in [1.165, 1.54) is 27.3 Å². The van der Waals surface area contributed by atoms with Crippen molar-refractivity contribution in [3.05, 3.63) is 168 Å². The Morgan fingerprint density at radius 1 is 0.541 bits per heavy atom. The zero-order valence-electron chi connectivity index (χ0n) is 21.1. The first kappa shape index (κ1) is 25.1. The zero-order valence-corrected chi connectivity index (χ0v) is 22.0. The topological polar surface area (TPSA) is 12.5 Å². The summed E-state index contributed by atoms with van der Waals surface area (Å²) in [4.78, 5) is 2.42. The summed E-state index contributed by atoms with van der Waals surface area (Å²) in [5, 5.41) is 2.42. The van der Waals surface area contributed by atoms with E-state index in [1.54, 1.807) is 0 Å². The van der Waals surface area contributed by atoms with Crippen molar-refractivity contribution in [1.29, 1.82) is 0 Å². The van der Waals surface area contributed by atoms with Crippen LogP contribution in [0.4, 0.5) is 0 Å². The second kappa shape index (κ2) is 12.6. The molecule has 3 heteroatoms. The van der Waals surface area contributed by atoms with E-state index in [4.69, 9.17) is 4.52 Å². The Morgan fingerprint density at radius 3 is 1.43 bits per heavy atom. The van der Waals surface area contributed by atoms with Crippen molar-refractivity contribution in [3.8, 4) is 0 Å². The average molecular weight is 502 g/mol. The third-order valence-electron chi connectivity index (χ3n) is 6.51. The third-order valence-corrected chi connectivity index (χ3v) is 8.48. The van der Waals surface area contributed by atoms with Gasteiger partial charge in [-0.1, -0.05) is 152 Å². The van der Waals surface area contributed by atoms with Crippen molar-refractivity contribution >= 4 is 18.8 Å². The van der Waals surface area contributed by atoms with Crippen LogP contribution in [0, 0.1) is 0 Å². The van der Waals surface area contributed by atoms with Gasteiger partial charge in [-0.2, -0.15) is 0 Å². The Bertz CT molecular complexity index is 1290. The maximum Gasteiger partial charge on any atom is 0.107 e. The molecule has 5 aromatic carbocycles. The number of likely N-dealkylation sites (N-methyl/N-ethyl adjacent to an activating group) is 1. The van der Waals surface area contributed by atoms with Crippen LogP contribution in [0.1, 0.15) is 28.8 Å². The smallest absolute Gasteiger partial charge is 0.107 e. The molecule has 0 aliphatic heterocycles. The van der Waals surface area contributed by atoms with Gasteiger partial charge in [0.1, 0.15) is 6.10 Å². The van der Waals surface area contributed by atoms with Crippen LogP contribution in [-0.2, 0) is 11.1 Å². The average Bonchev–Trinajstić information content (AvgIpc) is 2.97. The summed E-state index contributed by atoms with van der Waals surface area (Å²) in [5.74, 6) is 0. The lowest BCUT2D eigenvalue weighted by molar-refractivity contribution is 0.0891. The lowest BCUT2D eigenvalue weighted by Crippen LogP contribution is -2.31. The molecule has 0 radical (unpaired) electrons. The number of benzene rings is 5. The number of nitrogens with zero attached hydrogens (tertiary/aromatic N) is 1. The molecular formula is C34H32NOP. The second-order valence-corrected chi connectivity index (χ2v) is 11.0. The Labute approximate surface area is 222 Å². The van der Waals surface area contributed by atoms with E-state index in [0.29, 0.717) is 0 Å². The Morgan fingerprint density at radius 2 is 0.946 bits per heavy atom. The predicted octanol–water partition coefficient (Wildman–Crippen LogP) is 7.67. The Hall–Kier alpha value is -3.55. The summed E-state index contributed by atoms with van der Waals surface area (Å²) < 4.78 is 7.31. The normalized spacial score (nSPS) is 12.9. The van der Waals surface area contributed by atoms with Crippen LogP contribution in [0.15, 0.2) is 152 Å². The number of hydrogen-bond acceptors (Lipinski definition) is 2. The monoisotopic (exact) mass is 501 g/mol. The summed E-state index contributed by atoms with van der Waals surface area (Å²) in [7, 11) is 1.16. The molecule has 0 saturated heterocycles. The summed E-state index contributed by atoms with van der Waals surface area (Å²) >= 11 is 0. The Kier molecular flexibility index (Phi) is 8.56. The summed E-state index contributed by atoms with van der Waals surface area (Å²) in [6.07, 6.45) is -0.177. The molecule has 0 saturated carbocycles. The largest absolute Gasteiger partial charge is 0.340 e. The van der Waals surface area contributed by atoms with Gasteiger partial charge in [0.25, 0.3) is 0 Å². The highest BCUT2D eigenvalue weighted by molar-refractivity contribution is 7.68. The molecule has 0 bridgehead atoms. The van der Waals surface area contributed by atoms with Crippen molar-refractivity contribution in [1.82, 2.24) is 4.90 Å². The number of rotatable bonds is 10. The van der Waals surface area contributed by atoms with E-state index in [1.807, 2.05) is 0 Å². The van der Waals surface area contributed by atoms with Crippen LogP contribution in [0.2, 0.25) is 0 Å². The number of hydrogen-bond donors (Lipinski definition) is 0. The quantitative estimate of drug-likeness (QED) is 0.182. The van der Waals surface area contributed by atoms with E-state index in [9.17, 15) is 0 Å². The molecule has 0 amide bonds. The molecule has 0 aromatic heterocycles. The summed E-state index contributed by atoms with van der Waals surface area (Å²) in [6.45, 7) is 0.821. The van der Waals surface area contributed by atoms with E-state index in [2.05, 4.69) is 164 Å². The maximum absolute atomic E-state index is 7.31. The highest BCUT2D eigenvalue weighted by Crippen LogP contribution is 2.47. The zero-order chi connectivity index (χ0) is 25.3. The standard InChI is InChI=1S/C34H32NOP/c1-35(27-28-17-7-2-8-18-28)33(29-19-9-3-10-20-29)34(30-21-11-4-12-22-30)36-37(31-23-13-5-14-24-31)32-25-15-6-16-26-32/h2-26,33-34H,27H2,1H3/t33-,34-/m0/s1. The molecule has 0 heterocycles. The van der Waals surface area contributed by atoms with Gasteiger partial charge in [0.15, 0.2) is 0 Å². The lowest BCUT2D eigenvalue weighted by Gasteiger charge is -2.37. The fourth-order valence-corrected chi connectivity index (χ4v) is 6.63. The highest BCUT2D eigenvalue weighted by Gasteiger charge is 2.32. The summed E-state index contributed by atoms with van der Waals surface area (Å²) in [5.41, 5.74) is 3.70. The van der Waals surface area contributed by atoms with Crippen molar-refractivity contribution in [2.75, 3.05) is 7.05 Å². The van der Waals surface area contributed by atoms with E-state index >= 15 is 0 Å².